The van der Waals surface area contributed by atoms with Gasteiger partial charge in [-0.1, -0.05) is 19.3 Å². The smallest absolute Gasteiger partial charge is 0.266 e. The average molecular weight is 440 g/mol. The largest absolute Gasteiger partial charge is 0.459 e. The van der Waals surface area contributed by atoms with Gasteiger partial charge in [0.25, 0.3) is 5.89 Å². The van der Waals surface area contributed by atoms with Gasteiger partial charge in [0.2, 0.25) is 23.4 Å². The number of anilines is 1. The molecule has 1 aliphatic heterocycles. The molecule has 0 bridgehead atoms. The molecule has 1 saturated carbocycles. The molecule has 9 heteroatoms. The number of nitrogens with one attached hydrogen (secondary N) is 2. The summed E-state index contributed by atoms with van der Waals surface area (Å²) in [4.78, 5) is 30.9. The lowest BCUT2D eigenvalue weighted by Gasteiger charge is -2.31. The summed E-state index contributed by atoms with van der Waals surface area (Å²) >= 11 is 0. The van der Waals surface area contributed by atoms with Crippen LogP contribution in [0.2, 0.25) is 0 Å². The van der Waals surface area contributed by atoms with E-state index < -0.39 is 0 Å². The number of furan rings is 1. The molecule has 170 valence electrons. The van der Waals surface area contributed by atoms with Gasteiger partial charge < -0.3 is 24.4 Å². The minimum absolute atomic E-state index is 0.00548. The Hall–Kier alpha value is -3.28. The highest BCUT2D eigenvalue weighted by atomic mass is 16.4. The Morgan fingerprint density at radius 1 is 1.06 bits per heavy atom. The van der Waals surface area contributed by atoms with E-state index >= 15 is 0 Å². The van der Waals surface area contributed by atoms with Gasteiger partial charge in [0.05, 0.1) is 6.26 Å². The molecule has 4 rings (SSSR count). The van der Waals surface area contributed by atoms with Crippen molar-refractivity contribution >= 4 is 17.7 Å². The maximum atomic E-state index is 12.5. The molecular formula is C23H29N5O4. The second-order valence-electron chi connectivity index (χ2n) is 8.44. The minimum atomic E-state index is -0.0988. The Balaban J connectivity index is 1.21. The molecule has 3 heterocycles. The first-order valence-corrected chi connectivity index (χ1v) is 11.4. The van der Waals surface area contributed by atoms with Gasteiger partial charge in [-0.3, -0.25) is 9.59 Å². The van der Waals surface area contributed by atoms with Crippen LogP contribution in [0.15, 0.2) is 27.2 Å². The number of carbonyl (C=O) groups excluding carboxylic acids is 2. The first-order valence-electron chi connectivity index (χ1n) is 11.4. The normalized spacial score (nSPS) is 17.7. The molecule has 2 aromatic rings. The number of amides is 2. The zero-order valence-corrected chi connectivity index (χ0v) is 18.1. The van der Waals surface area contributed by atoms with Crippen LogP contribution in [0.25, 0.3) is 11.7 Å². The maximum Gasteiger partial charge on any atom is 0.266 e. The van der Waals surface area contributed by atoms with Gasteiger partial charge in [-0.15, -0.1) is 0 Å². The topological polar surface area (TPSA) is 124 Å². The Morgan fingerprint density at radius 2 is 1.72 bits per heavy atom. The highest BCUT2D eigenvalue weighted by molar-refractivity contribution is 5.80. The van der Waals surface area contributed by atoms with Crippen LogP contribution in [-0.2, 0) is 9.59 Å². The molecule has 1 saturated heterocycles. The van der Waals surface area contributed by atoms with Crippen LogP contribution in [-0.4, -0.2) is 43.0 Å². The predicted octanol–water partition coefficient (Wildman–Crippen LogP) is 2.84. The van der Waals surface area contributed by atoms with E-state index in [0.29, 0.717) is 50.7 Å². The number of aromatic nitrogens is 1. The molecule has 0 unspecified atom stereocenters. The minimum Gasteiger partial charge on any atom is -0.459 e. The van der Waals surface area contributed by atoms with Crippen molar-refractivity contribution in [1.29, 1.82) is 5.26 Å². The zero-order valence-electron chi connectivity index (χ0n) is 18.1. The lowest BCUT2D eigenvalue weighted by atomic mass is 9.89. The van der Waals surface area contributed by atoms with Crippen molar-refractivity contribution in [2.24, 2.45) is 11.8 Å². The highest BCUT2D eigenvalue weighted by Crippen LogP contribution is 2.31. The van der Waals surface area contributed by atoms with Crippen molar-refractivity contribution in [1.82, 2.24) is 15.6 Å². The molecule has 9 nitrogen and oxygen atoms in total. The average Bonchev–Trinajstić information content (AvgIpc) is 3.52. The molecule has 32 heavy (non-hydrogen) atoms. The molecule has 2 fully saturated rings. The molecule has 2 aliphatic rings. The number of oxazole rings is 1. The predicted molar refractivity (Wildman–Crippen MR) is 116 cm³/mol. The fourth-order valence-corrected chi connectivity index (χ4v) is 4.47. The Kier molecular flexibility index (Phi) is 7.10. The number of nitrogens with zero attached hydrogens (tertiary/aromatic N) is 3. The van der Waals surface area contributed by atoms with Crippen molar-refractivity contribution in [3.8, 4) is 17.7 Å². The molecular weight excluding hydrogens is 410 g/mol. The Bertz CT molecular complexity index is 948. The van der Waals surface area contributed by atoms with E-state index in [9.17, 15) is 14.9 Å². The van der Waals surface area contributed by atoms with Crippen molar-refractivity contribution in [2.75, 3.05) is 31.1 Å². The maximum absolute atomic E-state index is 12.5. The second-order valence-corrected chi connectivity index (χ2v) is 8.44. The van der Waals surface area contributed by atoms with E-state index in [-0.39, 0.29) is 35.2 Å². The third-order valence-electron chi connectivity index (χ3n) is 6.30. The van der Waals surface area contributed by atoms with Crippen molar-refractivity contribution in [2.45, 2.75) is 44.9 Å². The third kappa shape index (κ3) is 5.13. The van der Waals surface area contributed by atoms with Gasteiger partial charge in [-0.25, -0.2) is 0 Å². The number of hydrogen-bond acceptors (Lipinski definition) is 7. The first kappa shape index (κ1) is 21.9. The van der Waals surface area contributed by atoms with Gasteiger partial charge in [-0.05, 0) is 37.8 Å². The zero-order chi connectivity index (χ0) is 22.3. The van der Waals surface area contributed by atoms with Crippen molar-refractivity contribution in [3.63, 3.8) is 0 Å². The van der Waals surface area contributed by atoms with E-state index in [1.807, 2.05) is 4.90 Å². The SMILES string of the molecule is N#Cc1nc(-c2ccco2)oc1N1CCC(C(=O)NCCNC(=O)C2CCCCC2)CC1. The fourth-order valence-electron chi connectivity index (χ4n) is 4.47. The molecule has 0 aromatic carbocycles. The monoisotopic (exact) mass is 439 g/mol. The summed E-state index contributed by atoms with van der Waals surface area (Å²) < 4.78 is 11.1. The van der Waals surface area contributed by atoms with E-state index in [0.717, 1.165) is 25.7 Å². The summed E-state index contributed by atoms with van der Waals surface area (Å²) in [5.41, 5.74) is 0.216. The number of nitriles is 1. The molecule has 0 atom stereocenters. The van der Waals surface area contributed by atoms with Gasteiger partial charge in [-0.2, -0.15) is 10.2 Å². The van der Waals surface area contributed by atoms with Gasteiger partial charge in [0, 0.05) is 38.0 Å². The van der Waals surface area contributed by atoms with E-state index in [1.54, 1.807) is 12.1 Å². The number of carbonyl (C=O) groups is 2. The van der Waals surface area contributed by atoms with Crippen molar-refractivity contribution < 1.29 is 18.4 Å². The van der Waals surface area contributed by atoms with E-state index in [1.165, 1.54) is 12.7 Å². The fraction of sp³-hybridized carbons (Fsp3) is 0.565. The number of hydrogen-bond donors (Lipinski definition) is 2. The first-order chi connectivity index (χ1) is 15.7. The quantitative estimate of drug-likeness (QED) is 0.636. The second kappa shape index (κ2) is 10.4. The summed E-state index contributed by atoms with van der Waals surface area (Å²) in [5, 5.41) is 15.3. The van der Waals surface area contributed by atoms with Crippen LogP contribution in [0, 0.1) is 23.2 Å². The molecule has 2 aromatic heterocycles. The molecule has 2 N–H and O–H groups in total. The molecule has 2 amide bonds. The highest BCUT2D eigenvalue weighted by Gasteiger charge is 2.29. The summed E-state index contributed by atoms with van der Waals surface area (Å²) in [6.07, 6.45) is 8.25. The summed E-state index contributed by atoms with van der Waals surface area (Å²) in [5.74, 6) is 1.31. The molecule has 0 radical (unpaired) electrons. The van der Waals surface area contributed by atoms with Crippen LogP contribution in [0.4, 0.5) is 5.88 Å². The lowest BCUT2D eigenvalue weighted by molar-refractivity contribution is -0.127. The summed E-state index contributed by atoms with van der Waals surface area (Å²) in [7, 11) is 0. The number of rotatable bonds is 7. The van der Waals surface area contributed by atoms with Crippen LogP contribution in [0.3, 0.4) is 0 Å². The summed E-state index contributed by atoms with van der Waals surface area (Å²) in [6.45, 7) is 2.08. The summed E-state index contributed by atoms with van der Waals surface area (Å²) in [6, 6.07) is 5.53. The van der Waals surface area contributed by atoms with Crippen LogP contribution in [0.1, 0.15) is 50.6 Å². The molecule has 0 spiro atoms. The third-order valence-corrected chi connectivity index (χ3v) is 6.30. The van der Waals surface area contributed by atoms with Gasteiger partial charge in [0.15, 0.2) is 5.76 Å². The number of piperidine rings is 1. The Labute approximate surface area is 187 Å². The van der Waals surface area contributed by atoms with Gasteiger partial charge in [0.1, 0.15) is 6.07 Å². The molecule has 1 aliphatic carbocycles. The van der Waals surface area contributed by atoms with Gasteiger partial charge >= 0.3 is 0 Å². The van der Waals surface area contributed by atoms with Crippen LogP contribution in [0.5, 0.6) is 0 Å². The van der Waals surface area contributed by atoms with Crippen LogP contribution < -0.4 is 15.5 Å². The Morgan fingerprint density at radius 3 is 2.31 bits per heavy atom. The lowest BCUT2D eigenvalue weighted by Crippen LogP contribution is -2.43. The van der Waals surface area contributed by atoms with E-state index in [4.69, 9.17) is 8.83 Å². The van der Waals surface area contributed by atoms with Crippen molar-refractivity contribution in [3.05, 3.63) is 24.1 Å². The standard InChI is InChI=1S/C23H29N5O4/c24-15-18-23(32-22(27-18)19-7-4-14-31-19)28-12-8-17(9-13-28)21(30)26-11-10-25-20(29)16-5-2-1-3-6-16/h4,7,14,16-17H,1-3,5-6,8-13H2,(H,25,29)(H,26,30). The van der Waals surface area contributed by atoms with Crippen LogP contribution >= 0.6 is 0 Å². The van der Waals surface area contributed by atoms with E-state index in [2.05, 4.69) is 21.7 Å².